The minimum absolute atomic E-state index is 0.184. The molecule has 0 bridgehead atoms. The largest absolute Gasteiger partial charge is 0.467 e. The van der Waals surface area contributed by atoms with Gasteiger partial charge < -0.3 is 4.74 Å². The Morgan fingerprint density at radius 3 is 2.71 bits per heavy atom. The van der Waals surface area contributed by atoms with Crippen molar-refractivity contribution in [2.75, 3.05) is 7.11 Å². The van der Waals surface area contributed by atoms with Gasteiger partial charge in [0.05, 0.1) is 7.11 Å². The molecule has 4 nitrogen and oxygen atoms in total. The van der Waals surface area contributed by atoms with Gasteiger partial charge in [0.1, 0.15) is 3.70 Å². The minimum Gasteiger partial charge on any atom is -0.467 e. The zero-order valence-corrected chi connectivity index (χ0v) is 10.2. The van der Waals surface area contributed by atoms with Crippen molar-refractivity contribution in [3.05, 3.63) is 15.5 Å². The number of carbonyl (C=O) groups excluding carboxylic acids is 1. The van der Waals surface area contributed by atoms with Crippen LogP contribution in [0.4, 0.5) is 0 Å². The maximum absolute atomic E-state index is 11.5. The van der Waals surface area contributed by atoms with Gasteiger partial charge in [-0.1, -0.05) is 0 Å². The fourth-order valence-corrected chi connectivity index (χ4v) is 1.87. The van der Waals surface area contributed by atoms with Crippen molar-refractivity contribution in [3.63, 3.8) is 0 Å². The standard InChI is InChI=1S/C9H11IN2O2/c1-6-5-12(11-7(6)10)9(3-4-9)8(13)14-2/h5H,3-4H2,1-2H3. The monoisotopic (exact) mass is 306 g/mol. The summed E-state index contributed by atoms with van der Waals surface area (Å²) in [6, 6.07) is 0. The van der Waals surface area contributed by atoms with E-state index in [1.165, 1.54) is 7.11 Å². The Hall–Kier alpha value is -0.590. The molecule has 0 N–H and O–H groups in total. The second-order valence-corrected chi connectivity index (χ2v) is 4.59. The summed E-state index contributed by atoms with van der Waals surface area (Å²) in [5, 5.41) is 4.32. The Balaban J connectivity index is 2.35. The third-order valence-corrected chi connectivity index (χ3v) is 3.63. The molecule has 0 aromatic carbocycles. The molecule has 1 aliphatic rings. The highest BCUT2D eigenvalue weighted by Gasteiger charge is 2.54. The molecule has 0 amide bonds. The van der Waals surface area contributed by atoms with Crippen LogP contribution < -0.4 is 0 Å². The van der Waals surface area contributed by atoms with Gasteiger partial charge in [-0.25, -0.2) is 4.79 Å². The highest BCUT2D eigenvalue weighted by molar-refractivity contribution is 14.1. The number of aromatic nitrogens is 2. The Bertz CT molecular complexity index is 363. The number of ether oxygens (including phenoxy) is 1. The molecule has 5 heteroatoms. The third-order valence-electron chi connectivity index (χ3n) is 2.56. The second kappa shape index (κ2) is 3.22. The van der Waals surface area contributed by atoms with Gasteiger partial charge in [0.2, 0.25) is 0 Å². The molecule has 1 aliphatic carbocycles. The van der Waals surface area contributed by atoms with Crippen LogP contribution in [0.2, 0.25) is 0 Å². The van der Waals surface area contributed by atoms with Gasteiger partial charge in [0, 0.05) is 11.8 Å². The SMILES string of the molecule is COC(=O)C1(n2cc(C)c(I)n2)CC1. The molecule has 0 spiro atoms. The van der Waals surface area contributed by atoms with Gasteiger partial charge in [-0.05, 0) is 42.4 Å². The van der Waals surface area contributed by atoms with Crippen molar-refractivity contribution >= 4 is 28.6 Å². The zero-order valence-electron chi connectivity index (χ0n) is 8.08. The second-order valence-electron chi connectivity index (χ2n) is 3.57. The van der Waals surface area contributed by atoms with Gasteiger partial charge in [-0.15, -0.1) is 0 Å². The van der Waals surface area contributed by atoms with Crippen LogP contribution in [0.5, 0.6) is 0 Å². The summed E-state index contributed by atoms with van der Waals surface area (Å²) in [4.78, 5) is 11.5. The number of carbonyl (C=O) groups is 1. The van der Waals surface area contributed by atoms with Crippen molar-refractivity contribution in [1.29, 1.82) is 0 Å². The van der Waals surface area contributed by atoms with Crippen LogP contribution in [0.25, 0.3) is 0 Å². The molecule has 0 unspecified atom stereocenters. The summed E-state index contributed by atoms with van der Waals surface area (Å²) in [6.07, 6.45) is 3.57. The summed E-state index contributed by atoms with van der Waals surface area (Å²) in [6.45, 7) is 1.98. The van der Waals surface area contributed by atoms with E-state index in [0.29, 0.717) is 0 Å². The minimum atomic E-state index is -0.497. The van der Waals surface area contributed by atoms with Crippen molar-refractivity contribution < 1.29 is 9.53 Å². The first-order chi connectivity index (χ1) is 6.60. The van der Waals surface area contributed by atoms with Gasteiger partial charge in [0.15, 0.2) is 5.54 Å². The van der Waals surface area contributed by atoms with Gasteiger partial charge in [-0.3, -0.25) is 4.68 Å². The molecule has 0 aliphatic heterocycles. The van der Waals surface area contributed by atoms with E-state index in [1.807, 2.05) is 13.1 Å². The maximum Gasteiger partial charge on any atom is 0.333 e. The molecular weight excluding hydrogens is 295 g/mol. The lowest BCUT2D eigenvalue weighted by Gasteiger charge is -2.12. The first-order valence-corrected chi connectivity index (χ1v) is 5.49. The van der Waals surface area contributed by atoms with E-state index >= 15 is 0 Å². The number of halogens is 1. The Kier molecular flexibility index (Phi) is 2.29. The number of esters is 1. The lowest BCUT2D eigenvalue weighted by atomic mass is 10.3. The zero-order chi connectivity index (χ0) is 10.3. The highest BCUT2D eigenvalue weighted by Crippen LogP contribution is 2.44. The van der Waals surface area contributed by atoms with E-state index in [2.05, 4.69) is 27.7 Å². The average Bonchev–Trinajstić information content (AvgIpc) is 2.90. The number of aryl methyl sites for hydroxylation is 1. The van der Waals surface area contributed by atoms with Crippen molar-refractivity contribution in [2.45, 2.75) is 25.3 Å². The van der Waals surface area contributed by atoms with Crippen LogP contribution in [-0.2, 0) is 15.1 Å². The molecule has 14 heavy (non-hydrogen) atoms. The number of nitrogens with zero attached hydrogens (tertiary/aromatic N) is 2. The molecule has 1 aromatic rings. The smallest absolute Gasteiger partial charge is 0.333 e. The Morgan fingerprint density at radius 1 is 1.71 bits per heavy atom. The summed E-state index contributed by atoms with van der Waals surface area (Å²) < 4.78 is 7.47. The summed E-state index contributed by atoms with van der Waals surface area (Å²) in [5.74, 6) is -0.184. The molecule has 1 saturated carbocycles. The number of hydrogen-bond acceptors (Lipinski definition) is 3. The van der Waals surface area contributed by atoms with Crippen molar-refractivity contribution in [2.24, 2.45) is 0 Å². The number of rotatable bonds is 2. The topological polar surface area (TPSA) is 44.1 Å². The van der Waals surface area contributed by atoms with Crippen molar-refractivity contribution in [1.82, 2.24) is 9.78 Å². The van der Waals surface area contributed by atoms with Gasteiger partial charge >= 0.3 is 5.97 Å². The van der Waals surface area contributed by atoms with Crippen LogP contribution in [0.15, 0.2) is 6.20 Å². The predicted octanol–water partition coefficient (Wildman–Crippen LogP) is 1.46. The van der Waals surface area contributed by atoms with E-state index in [0.717, 1.165) is 22.1 Å². The van der Waals surface area contributed by atoms with Crippen LogP contribution in [-0.4, -0.2) is 22.9 Å². The van der Waals surface area contributed by atoms with Gasteiger partial charge in [0.25, 0.3) is 0 Å². The van der Waals surface area contributed by atoms with Gasteiger partial charge in [-0.2, -0.15) is 5.10 Å². The fraction of sp³-hybridized carbons (Fsp3) is 0.556. The molecular formula is C9H11IN2O2. The molecule has 76 valence electrons. The normalized spacial score (nSPS) is 17.9. The summed E-state index contributed by atoms with van der Waals surface area (Å²) in [5.41, 5.74) is 0.601. The lowest BCUT2D eigenvalue weighted by molar-refractivity contribution is -0.146. The third kappa shape index (κ3) is 1.34. The molecule has 1 aromatic heterocycles. The van der Waals surface area contributed by atoms with E-state index in [4.69, 9.17) is 4.74 Å². The van der Waals surface area contributed by atoms with E-state index in [1.54, 1.807) is 4.68 Å². The van der Waals surface area contributed by atoms with E-state index in [9.17, 15) is 4.79 Å². The molecule has 0 radical (unpaired) electrons. The summed E-state index contributed by atoms with van der Waals surface area (Å²) >= 11 is 2.16. The van der Waals surface area contributed by atoms with Crippen LogP contribution in [0.1, 0.15) is 18.4 Å². The molecule has 2 rings (SSSR count). The molecule has 1 fully saturated rings. The quantitative estimate of drug-likeness (QED) is 0.614. The first-order valence-electron chi connectivity index (χ1n) is 4.41. The van der Waals surface area contributed by atoms with E-state index < -0.39 is 5.54 Å². The van der Waals surface area contributed by atoms with Crippen molar-refractivity contribution in [3.8, 4) is 0 Å². The number of hydrogen-bond donors (Lipinski definition) is 0. The van der Waals surface area contributed by atoms with E-state index in [-0.39, 0.29) is 5.97 Å². The van der Waals surface area contributed by atoms with Crippen LogP contribution >= 0.6 is 22.6 Å². The molecule has 0 saturated heterocycles. The maximum atomic E-state index is 11.5. The lowest BCUT2D eigenvalue weighted by Crippen LogP contribution is -2.29. The predicted molar refractivity (Wildman–Crippen MR) is 58.9 cm³/mol. The number of methoxy groups -OCH3 is 1. The highest BCUT2D eigenvalue weighted by atomic mass is 127. The fourth-order valence-electron chi connectivity index (χ4n) is 1.49. The molecule has 1 heterocycles. The Labute approximate surface area is 95.8 Å². The summed E-state index contributed by atoms with van der Waals surface area (Å²) in [7, 11) is 1.42. The average molecular weight is 306 g/mol. The van der Waals surface area contributed by atoms with Crippen LogP contribution in [0, 0.1) is 10.6 Å². The Morgan fingerprint density at radius 2 is 2.36 bits per heavy atom. The van der Waals surface area contributed by atoms with Crippen LogP contribution in [0.3, 0.4) is 0 Å². The first kappa shape index (κ1) is 9.95. The molecule has 0 atom stereocenters.